The van der Waals surface area contributed by atoms with Crippen molar-refractivity contribution in [3.8, 4) is 0 Å². The Bertz CT molecular complexity index is 883. The SMILES string of the molecule is Nc1ccc2nc(S(=O)(=O)Cc3ccc(Cl)s3)[nH]c2c1. The molecule has 20 heavy (non-hydrogen) atoms. The van der Waals surface area contributed by atoms with Crippen LogP contribution in [0.5, 0.6) is 0 Å². The van der Waals surface area contributed by atoms with Gasteiger partial charge in [-0.3, -0.25) is 0 Å². The van der Waals surface area contributed by atoms with Crippen molar-refractivity contribution in [2.24, 2.45) is 0 Å². The number of sulfone groups is 1. The minimum Gasteiger partial charge on any atom is -0.399 e. The minimum atomic E-state index is -3.53. The van der Waals surface area contributed by atoms with Crippen molar-refractivity contribution >= 4 is 49.5 Å². The molecule has 3 rings (SSSR count). The van der Waals surface area contributed by atoms with Gasteiger partial charge in [0, 0.05) is 10.6 Å². The van der Waals surface area contributed by atoms with Gasteiger partial charge in [0.05, 0.1) is 21.1 Å². The van der Waals surface area contributed by atoms with E-state index in [1.54, 1.807) is 30.3 Å². The summed E-state index contributed by atoms with van der Waals surface area (Å²) in [6.07, 6.45) is 0. The Morgan fingerprint density at radius 1 is 1.30 bits per heavy atom. The molecule has 1 aromatic carbocycles. The Morgan fingerprint density at radius 3 is 2.80 bits per heavy atom. The summed E-state index contributed by atoms with van der Waals surface area (Å²) in [5.74, 6) is -0.125. The maximum Gasteiger partial charge on any atom is 0.226 e. The largest absolute Gasteiger partial charge is 0.399 e. The second-order valence-electron chi connectivity index (χ2n) is 4.28. The fourth-order valence-corrected chi connectivity index (χ4v) is 4.53. The fraction of sp³-hybridized carbons (Fsp3) is 0.0833. The van der Waals surface area contributed by atoms with Gasteiger partial charge in [-0.25, -0.2) is 13.4 Å². The Morgan fingerprint density at radius 2 is 2.10 bits per heavy atom. The number of nitrogen functional groups attached to an aromatic ring is 1. The van der Waals surface area contributed by atoms with Crippen molar-refractivity contribution < 1.29 is 8.42 Å². The first kappa shape index (κ1) is 13.4. The van der Waals surface area contributed by atoms with Crippen LogP contribution >= 0.6 is 22.9 Å². The molecule has 0 fully saturated rings. The lowest BCUT2D eigenvalue weighted by molar-refractivity contribution is 0.589. The maximum atomic E-state index is 12.3. The van der Waals surface area contributed by atoms with Crippen molar-refractivity contribution in [1.29, 1.82) is 0 Å². The summed E-state index contributed by atoms with van der Waals surface area (Å²) >= 11 is 7.05. The molecular formula is C12H10ClN3O2S2. The molecule has 2 heterocycles. The molecule has 0 saturated heterocycles. The van der Waals surface area contributed by atoms with Crippen LogP contribution in [0.1, 0.15) is 4.88 Å². The standard InChI is InChI=1S/C12H10ClN3O2S2/c13-11-4-2-8(19-11)6-20(17,18)12-15-9-3-1-7(14)5-10(9)16-12/h1-5H,6,14H2,(H,15,16). The van der Waals surface area contributed by atoms with Gasteiger partial charge in [0.15, 0.2) is 0 Å². The molecule has 0 aliphatic heterocycles. The molecule has 0 spiro atoms. The monoisotopic (exact) mass is 327 g/mol. The maximum absolute atomic E-state index is 12.3. The number of thiophene rings is 1. The number of nitrogens with two attached hydrogens (primary N) is 1. The second kappa shape index (κ2) is 4.76. The molecule has 2 aromatic heterocycles. The zero-order valence-corrected chi connectivity index (χ0v) is 12.5. The van der Waals surface area contributed by atoms with Crippen LogP contribution in [0.2, 0.25) is 4.34 Å². The molecule has 0 atom stereocenters. The van der Waals surface area contributed by atoms with Crippen LogP contribution in [0.4, 0.5) is 5.69 Å². The van der Waals surface area contributed by atoms with Crippen LogP contribution in [-0.4, -0.2) is 18.4 Å². The first-order valence-corrected chi connectivity index (χ1v) is 8.51. The molecule has 0 saturated carbocycles. The predicted octanol–water partition coefficient (Wildman–Crippen LogP) is 2.83. The lowest BCUT2D eigenvalue weighted by Crippen LogP contribution is -2.05. The van der Waals surface area contributed by atoms with E-state index in [0.717, 1.165) is 0 Å². The van der Waals surface area contributed by atoms with E-state index in [9.17, 15) is 8.42 Å². The molecule has 0 radical (unpaired) electrons. The van der Waals surface area contributed by atoms with Gasteiger partial charge in [-0.1, -0.05) is 11.6 Å². The summed E-state index contributed by atoms with van der Waals surface area (Å²) in [6, 6.07) is 8.39. The summed E-state index contributed by atoms with van der Waals surface area (Å²) in [4.78, 5) is 7.57. The van der Waals surface area contributed by atoms with Crippen molar-refractivity contribution in [2.75, 3.05) is 5.73 Å². The average Bonchev–Trinajstić information content (AvgIpc) is 2.95. The van der Waals surface area contributed by atoms with Crippen molar-refractivity contribution in [3.63, 3.8) is 0 Å². The first-order chi connectivity index (χ1) is 9.44. The van der Waals surface area contributed by atoms with Crippen LogP contribution in [-0.2, 0) is 15.6 Å². The molecule has 104 valence electrons. The zero-order valence-electron chi connectivity index (χ0n) is 10.1. The number of rotatable bonds is 3. The number of imidazole rings is 1. The number of aromatic amines is 1. The number of anilines is 1. The van der Waals surface area contributed by atoms with Gasteiger partial charge in [0.2, 0.25) is 15.0 Å². The van der Waals surface area contributed by atoms with Gasteiger partial charge >= 0.3 is 0 Å². The highest BCUT2D eigenvalue weighted by molar-refractivity contribution is 7.90. The topological polar surface area (TPSA) is 88.8 Å². The molecule has 0 aliphatic carbocycles. The number of nitrogens with zero attached hydrogens (tertiary/aromatic N) is 1. The lowest BCUT2D eigenvalue weighted by atomic mass is 10.3. The van der Waals surface area contributed by atoms with Crippen molar-refractivity contribution in [3.05, 3.63) is 39.5 Å². The van der Waals surface area contributed by atoms with Crippen LogP contribution in [0.25, 0.3) is 11.0 Å². The zero-order chi connectivity index (χ0) is 14.3. The smallest absolute Gasteiger partial charge is 0.226 e. The van der Waals surface area contributed by atoms with E-state index in [4.69, 9.17) is 17.3 Å². The van der Waals surface area contributed by atoms with Crippen molar-refractivity contribution in [2.45, 2.75) is 10.9 Å². The number of aromatic nitrogens is 2. The van der Waals surface area contributed by atoms with Crippen LogP contribution in [0, 0.1) is 0 Å². The Balaban J connectivity index is 2.00. The third-order valence-electron chi connectivity index (χ3n) is 2.74. The summed E-state index contributed by atoms with van der Waals surface area (Å²) in [6.45, 7) is 0. The summed E-state index contributed by atoms with van der Waals surface area (Å²) < 4.78 is 25.2. The fourth-order valence-electron chi connectivity index (χ4n) is 1.84. The molecule has 3 N–H and O–H groups in total. The highest BCUT2D eigenvalue weighted by Gasteiger charge is 2.20. The summed E-state index contributed by atoms with van der Waals surface area (Å²) in [5.41, 5.74) is 7.39. The minimum absolute atomic E-state index is 0.0531. The summed E-state index contributed by atoms with van der Waals surface area (Å²) in [5, 5.41) is -0.0531. The normalized spacial score (nSPS) is 12.1. The Hall–Kier alpha value is -1.57. The predicted molar refractivity (Wildman–Crippen MR) is 80.7 cm³/mol. The number of benzene rings is 1. The van der Waals surface area contributed by atoms with Crippen LogP contribution in [0.3, 0.4) is 0 Å². The summed E-state index contributed by atoms with van der Waals surface area (Å²) in [7, 11) is -3.53. The lowest BCUT2D eigenvalue weighted by Gasteiger charge is -1.97. The molecule has 0 aliphatic rings. The molecule has 3 aromatic rings. The molecule has 0 unspecified atom stereocenters. The Labute approximate surface area is 124 Å². The van der Waals surface area contributed by atoms with E-state index in [1.165, 1.54) is 11.3 Å². The van der Waals surface area contributed by atoms with E-state index in [0.29, 0.717) is 25.9 Å². The van der Waals surface area contributed by atoms with Gasteiger partial charge in [0.1, 0.15) is 0 Å². The van der Waals surface area contributed by atoms with E-state index in [2.05, 4.69) is 9.97 Å². The van der Waals surface area contributed by atoms with Crippen LogP contribution < -0.4 is 5.73 Å². The third-order valence-corrected chi connectivity index (χ3v) is 5.63. The first-order valence-electron chi connectivity index (χ1n) is 5.66. The number of hydrogen-bond acceptors (Lipinski definition) is 5. The van der Waals surface area contributed by atoms with Gasteiger partial charge < -0.3 is 10.7 Å². The number of nitrogens with one attached hydrogen (secondary N) is 1. The van der Waals surface area contributed by atoms with Gasteiger partial charge in [-0.2, -0.15) is 0 Å². The highest BCUT2D eigenvalue weighted by atomic mass is 35.5. The molecule has 0 bridgehead atoms. The molecule has 0 amide bonds. The third kappa shape index (κ3) is 2.52. The molecule has 5 nitrogen and oxygen atoms in total. The van der Waals surface area contributed by atoms with Crippen molar-refractivity contribution in [1.82, 2.24) is 9.97 Å². The highest BCUT2D eigenvalue weighted by Crippen LogP contribution is 2.26. The molecule has 8 heteroatoms. The van der Waals surface area contributed by atoms with E-state index >= 15 is 0 Å². The van der Waals surface area contributed by atoms with Crippen LogP contribution in [0.15, 0.2) is 35.5 Å². The Kier molecular flexibility index (Phi) is 3.19. The number of halogens is 1. The van der Waals surface area contributed by atoms with E-state index in [-0.39, 0.29) is 10.9 Å². The number of fused-ring (bicyclic) bond motifs is 1. The number of H-pyrrole nitrogens is 1. The van der Waals surface area contributed by atoms with Gasteiger partial charge in [-0.05, 0) is 30.3 Å². The van der Waals surface area contributed by atoms with Gasteiger partial charge in [0.25, 0.3) is 0 Å². The van der Waals surface area contributed by atoms with E-state index < -0.39 is 9.84 Å². The quantitative estimate of drug-likeness (QED) is 0.724. The second-order valence-corrected chi connectivity index (χ2v) is 7.99. The van der Waals surface area contributed by atoms with E-state index in [1.807, 2.05) is 0 Å². The number of hydrogen-bond donors (Lipinski definition) is 2. The average molecular weight is 328 g/mol. The van der Waals surface area contributed by atoms with Gasteiger partial charge in [-0.15, -0.1) is 11.3 Å². The molecular weight excluding hydrogens is 318 g/mol.